The van der Waals surface area contributed by atoms with Crippen LogP contribution >= 0.6 is 0 Å². The van der Waals surface area contributed by atoms with Crippen molar-refractivity contribution in [2.45, 2.75) is 52.1 Å². The quantitative estimate of drug-likeness (QED) is 0.517. The van der Waals surface area contributed by atoms with Crippen LogP contribution in [0.25, 0.3) is 0 Å². The maximum absolute atomic E-state index is 5.54. The molecule has 1 fully saturated rings. The van der Waals surface area contributed by atoms with Gasteiger partial charge in [0.15, 0.2) is 6.29 Å². The van der Waals surface area contributed by atoms with Gasteiger partial charge in [-0.05, 0) is 34.6 Å². The summed E-state index contributed by atoms with van der Waals surface area (Å²) in [5.41, 5.74) is -0.321. The van der Waals surface area contributed by atoms with Crippen LogP contribution in [-0.4, -0.2) is 17.5 Å². The summed E-state index contributed by atoms with van der Waals surface area (Å²) in [6.07, 6.45) is -0.0648. The highest BCUT2D eigenvalue weighted by atomic mass is 16.7. The molecule has 10 heavy (non-hydrogen) atoms. The monoisotopic (exact) mass is 144 g/mol. The lowest BCUT2D eigenvalue weighted by Gasteiger charge is -2.30. The first-order valence-corrected chi connectivity index (χ1v) is 3.71. The van der Waals surface area contributed by atoms with Gasteiger partial charge in [0.05, 0.1) is 11.2 Å². The molecule has 0 aromatic carbocycles. The first-order valence-electron chi connectivity index (χ1n) is 3.71. The Morgan fingerprint density at radius 3 is 1.30 bits per heavy atom. The van der Waals surface area contributed by atoms with Crippen LogP contribution in [0.5, 0.6) is 0 Å². The number of ether oxygens (including phenoxy) is 2. The summed E-state index contributed by atoms with van der Waals surface area (Å²) < 4.78 is 11.1. The molecule has 1 aliphatic heterocycles. The van der Waals surface area contributed by atoms with Crippen LogP contribution in [-0.2, 0) is 9.47 Å². The third-order valence-electron chi connectivity index (χ3n) is 2.37. The molecule has 0 amide bonds. The molecule has 0 bridgehead atoms. The summed E-state index contributed by atoms with van der Waals surface area (Å²) in [5, 5.41) is 0. The smallest absolute Gasteiger partial charge is 0.156 e. The van der Waals surface area contributed by atoms with Gasteiger partial charge in [-0.2, -0.15) is 0 Å². The molecule has 2 nitrogen and oxygen atoms in total. The molecule has 1 saturated heterocycles. The first kappa shape index (κ1) is 8.02. The van der Waals surface area contributed by atoms with Crippen LogP contribution in [0.2, 0.25) is 0 Å². The fraction of sp³-hybridized carbons (Fsp3) is 1.00. The van der Waals surface area contributed by atoms with Crippen LogP contribution in [0, 0.1) is 0 Å². The van der Waals surface area contributed by atoms with Crippen molar-refractivity contribution in [2.75, 3.05) is 0 Å². The summed E-state index contributed by atoms with van der Waals surface area (Å²) in [6, 6.07) is 0. The summed E-state index contributed by atoms with van der Waals surface area (Å²) >= 11 is 0. The zero-order valence-electron chi connectivity index (χ0n) is 7.39. The average molecular weight is 144 g/mol. The van der Waals surface area contributed by atoms with Crippen molar-refractivity contribution in [2.24, 2.45) is 0 Å². The highest BCUT2D eigenvalue weighted by Crippen LogP contribution is 2.37. The minimum Gasteiger partial charge on any atom is -0.344 e. The molecule has 0 spiro atoms. The van der Waals surface area contributed by atoms with Crippen molar-refractivity contribution >= 4 is 0 Å². The summed E-state index contributed by atoms with van der Waals surface area (Å²) in [5.74, 6) is 0. The number of rotatable bonds is 0. The maximum Gasteiger partial charge on any atom is 0.156 e. The molecule has 0 aromatic heterocycles. The second-order valence-electron chi connectivity index (χ2n) is 3.82. The molecule has 0 radical (unpaired) electrons. The molecule has 0 aromatic rings. The zero-order valence-corrected chi connectivity index (χ0v) is 7.39. The summed E-state index contributed by atoms with van der Waals surface area (Å²) in [6.45, 7) is 10.1. The molecule has 0 saturated carbocycles. The molecule has 0 aliphatic carbocycles. The third-order valence-corrected chi connectivity index (χ3v) is 2.37. The Morgan fingerprint density at radius 2 is 1.20 bits per heavy atom. The SMILES string of the molecule is CC1OC(C)(C)C(C)(C)O1. The van der Waals surface area contributed by atoms with Crippen molar-refractivity contribution in [1.29, 1.82) is 0 Å². The van der Waals surface area contributed by atoms with Crippen molar-refractivity contribution in [1.82, 2.24) is 0 Å². The van der Waals surface area contributed by atoms with Gasteiger partial charge >= 0.3 is 0 Å². The molecule has 1 heterocycles. The number of hydrogen-bond acceptors (Lipinski definition) is 2. The van der Waals surface area contributed by atoms with E-state index in [0.717, 1.165) is 0 Å². The van der Waals surface area contributed by atoms with Gasteiger partial charge in [0.25, 0.3) is 0 Å². The average Bonchev–Trinajstić information content (AvgIpc) is 1.73. The Kier molecular flexibility index (Phi) is 1.57. The lowest BCUT2D eigenvalue weighted by molar-refractivity contribution is -0.0718. The molecule has 0 N–H and O–H groups in total. The summed E-state index contributed by atoms with van der Waals surface area (Å²) in [4.78, 5) is 0. The lowest BCUT2D eigenvalue weighted by atomic mass is 9.90. The minimum absolute atomic E-state index is 0.0648. The Labute approximate surface area is 62.5 Å². The Hall–Kier alpha value is -0.0800. The van der Waals surface area contributed by atoms with Crippen molar-refractivity contribution in [3.05, 3.63) is 0 Å². The van der Waals surface area contributed by atoms with Gasteiger partial charge in [-0.15, -0.1) is 0 Å². The number of hydrogen-bond donors (Lipinski definition) is 0. The molecule has 0 atom stereocenters. The highest BCUT2D eigenvalue weighted by molar-refractivity contribution is 4.93. The predicted molar refractivity (Wildman–Crippen MR) is 39.8 cm³/mol. The standard InChI is InChI=1S/C8H16O2/c1-6-9-7(2,3)8(4,5)10-6/h6H,1-5H3. The minimum atomic E-state index is -0.160. The third kappa shape index (κ3) is 1.06. The van der Waals surface area contributed by atoms with Crippen LogP contribution in [0.1, 0.15) is 34.6 Å². The van der Waals surface area contributed by atoms with E-state index in [1.54, 1.807) is 0 Å². The van der Waals surface area contributed by atoms with Crippen LogP contribution in [0.4, 0.5) is 0 Å². The van der Waals surface area contributed by atoms with E-state index in [1.807, 2.05) is 6.92 Å². The maximum atomic E-state index is 5.54. The predicted octanol–water partition coefficient (Wildman–Crippen LogP) is 1.94. The van der Waals surface area contributed by atoms with Gasteiger partial charge in [0, 0.05) is 0 Å². The molecular formula is C8H16O2. The van der Waals surface area contributed by atoms with Crippen molar-refractivity contribution < 1.29 is 9.47 Å². The van der Waals surface area contributed by atoms with Crippen LogP contribution in [0.3, 0.4) is 0 Å². The van der Waals surface area contributed by atoms with Gasteiger partial charge in [-0.3, -0.25) is 0 Å². The molecule has 60 valence electrons. The molecular weight excluding hydrogens is 128 g/mol. The first-order chi connectivity index (χ1) is 4.35. The van der Waals surface area contributed by atoms with Gasteiger partial charge in [0.2, 0.25) is 0 Å². The van der Waals surface area contributed by atoms with Crippen molar-refractivity contribution in [3.63, 3.8) is 0 Å². The Bertz CT molecular complexity index is 122. The van der Waals surface area contributed by atoms with Gasteiger partial charge in [-0.25, -0.2) is 0 Å². The van der Waals surface area contributed by atoms with Crippen LogP contribution in [0.15, 0.2) is 0 Å². The van der Waals surface area contributed by atoms with Gasteiger partial charge in [0.1, 0.15) is 0 Å². The second kappa shape index (κ2) is 1.95. The van der Waals surface area contributed by atoms with Crippen molar-refractivity contribution in [3.8, 4) is 0 Å². The fourth-order valence-electron chi connectivity index (χ4n) is 1.14. The summed E-state index contributed by atoms with van der Waals surface area (Å²) in [7, 11) is 0. The van der Waals surface area contributed by atoms with Gasteiger partial charge in [-0.1, -0.05) is 0 Å². The van der Waals surface area contributed by atoms with E-state index in [2.05, 4.69) is 27.7 Å². The van der Waals surface area contributed by atoms with E-state index >= 15 is 0 Å². The van der Waals surface area contributed by atoms with E-state index in [4.69, 9.17) is 9.47 Å². The van der Waals surface area contributed by atoms with E-state index in [0.29, 0.717) is 0 Å². The lowest BCUT2D eigenvalue weighted by Crippen LogP contribution is -2.41. The molecule has 0 unspecified atom stereocenters. The van der Waals surface area contributed by atoms with E-state index in [1.165, 1.54) is 0 Å². The largest absolute Gasteiger partial charge is 0.344 e. The molecule has 2 heteroatoms. The molecule has 1 rings (SSSR count). The Balaban J connectivity index is 2.78. The normalized spacial score (nSPS) is 30.9. The van der Waals surface area contributed by atoms with E-state index in [-0.39, 0.29) is 17.5 Å². The fourth-order valence-corrected chi connectivity index (χ4v) is 1.14. The highest BCUT2D eigenvalue weighted by Gasteiger charge is 2.47. The molecule has 1 aliphatic rings. The van der Waals surface area contributed by atoms with Gasteiger partial charge < -0.3 is 9.47 Å². The van der Waals surface area contributed by atoms with E-state index in [9.17, 15) is 0 Å². The Morgan fingerprint density at radius 1 is 0.900 bits per heavy atom. The zero-order chi connectivity index (χ0) is 7.99. The second-order valence-corrected chi connectivity index (χ2v) is 3.82. The van der Waals surface area contributed by atoms with Crippen LogP contribution < -0.4 is 0 Å². The van der Waals surface area contributed by atoms with E-state index < -0.39 is 0 Å². The topological polar surface area (TPSA) is 18.5 Å².